The van der Waals surface area contributed by atoms with Gasteiger partial charge in [-0.15, -0.1) is 0 Å². The number of nitrogens with one attached hydrogen (secondary N) is 1. The highest BCUT2D eigenvalue weighted by Crippen LogP contribution is 2.68. The lowest BCUT2D eigenvalue weighted by Crippen LogP contribution is -2.56. The number of carbonyl (C=O) groups excluding carboxylic acids is 1. The Kier molecular flexibility index (Phi) is 4.38. The Bertz CT molecular complexity index is 696. The summed E-state index contributed by atoms with van der Waals surface area (Å²) in [4.78, 5) is 12.2. The molecule has 4 aliphatic rings. The van der Waals surface area contributed by atoms with E-state index in [-0.39, 0.29) is 22.5 Å². The van der Waals surface area contributed by atoms with E-state index < -0.39 is 5.60 Å². The van der Waals surface area contributed by atoms with E-state index in [0.29, 0.717) is 36.7 Å². The largest absolute Gasteiger partial charge is 0.481 e. The molecule has 3 fully saturated rings. The van der Waals surface area contributed by atoms with Crippen molar-refractivity contribution in [3.8, 4) is 0 Å². The molecule has 7 atom stereocenters. The van der Waals surface area contributed by atoms with Crippen LogP contribution in [0.5, 0.6) is 0 Å². The van der Waals surface area contributed by atoms with Crippen molar-refractivity contribution < 1.29 is 14.6 Å². The number of rotatable bonds is 2. The van der Waals surface area contributed by atoms with Gasteiger partial charge in [0, 0.05) is 6.42 Å². The average molecular weight is 374 g/mol. The Hall–Kier alpha value is -1.16. The molecule has 0 amide bonds. The van der Waals surface area contributed by atoms with E-state index in [1.807, 2.05) is 19.9 Å². The summed E-state index contributed by atoms with van der Waals surface area (Å²) in [7, 11) is 0. The van der Waals surface area contributed by atoms with Crippen LogP contribution in [0.3, 0.4) is 0 Å². The van der Waals surface area contributed by atoms with Gasteiger partial charge in [0.1, 0.15) is 0 Å². The van der Waals surface area contributed by atoms with Crippen molar-refractivity contribution in [1.29, 1.82) is 5.41 Å². The first-order valence-electron chi connectivity index (χ1n) is 10.8. The molecule has 4 nitrogen and oxygen atoms in total. The molecule has 4 aliphatic carbocycles. The lowest BCUT2D eigenvalue weighted by atomic mass is 9.45. The number of hydrogen-bond acceptors (Lipinski definition) is 4. The molecular formula is C23H35NO3. The fraction of sp³-hybridized carbons (Fsp3) is 0.826. The van der Waals surface area contributed by atoms with Crippen LogP contribution in [0.25, 0.3) is 0 Å². The maximum atomic E-state index is 12.2. The molecule has 0 aliphatic heterocycles. The van der Waals surface area contributed by atoms with E-state index in [4.69, 9.17) is 10.1 Å². The minimum Gasteiger partial charge on any atom is -0.481 e. The summed E-state index contributed by atoms with van der Waals surface area (Å²) in [5.74, 6) is 2.01. The Balaban J connectivity index is 1.76. The average Bonchev–Trinajstić information content (AvgIpc) is 2.85. The van der Waals surface area contributed by atoms with E-state index in [0.717, 1.165) is 44.1 Å². The highest BCUT2D eigenvalue weighted by molar-refractivity contribution is 5.93. The standard InChI is InChI=1S/C23H35NO3/c1-5-27-20(24)16-13-15-17(21(2)9-6-14(25)12-19(16)21)7-10-22(3)18(15)8-11-23(22,4)26/h12,15-18,24,26H,5-11,13H2,1-4H3/t15-,16?,17-,18+,21-,22+,23?/m1/s1. The smallest absolute Gasteiger partial charge is 0.187 e. The van der Waals surface area contributed by atoms with Crippen molar-refractivity contribution in [2.75, 3.05) is 6.61 Å². The van der Waals surface area contributed by atoms with E-state index in [9.17, 15) is 9.90 Å². The van der Waals surface area contributed by atoms with Gasteiger partial charge in [-0.2, -0.15) is 0 Å². The van der Waals surface area contributed by atoms with Gasteiger partial charge in [0.25, 0.3) is 0 Å². The summed E-state index contributed by atoms with van der Waals surface area (Å²) < 4.78 is 5.65. The lowest BCUT2D eigenvalue weighted by Gasteiger charge is -2.60. The van der Waals surface area contributed by atoms with Crippen molar-refractivity contribution >= 4 is 11.7 Å². The maximum Gasteiger partial charge on any atom is 0.187 e. The number of aliphatic hydroxyl groups is 1. The van der Waals surface area contributed by atoms with Crippen LogP contribution in [0.15, 0.2) is 11.6 Å². The zero-order chi connectivity index (χ0) is 19.6. The van der Waals surface area contributed by atoms with Gasteiger partial charge in [0.15, 0.2) is 11.7 Å². The van der Waals surface area contributed by atoms with Gasteiger partial charge in [-0.1, -0.05) is 13.8 Å². The third kappa shape index (κ3) is 2.58. The minimum absolute atomic E-state index is 0.0132. The SMILES string of the molecule is CCOC(=N)C1C[C@@H]2[C@@H](CC[C@@]3(C)[C@H]2CCC3(C)O)[C@@]2(C)CCC(=O)C=C12. The van der Waals surface area contributed by atoms with Crippen LogP contribution in [0.1, 0.15) is 72.6 Å². The van der Waals surface area contributed by atoms with Gasteiger partial charge in [0.05, 0.1) is 18.1 Å². The molecule has 0 aromatic rings. The zero-order valence-corrected chi connectivity index (χ0v) is 17.3. The first kappa shape index (κ1) is 19.2. The molecule has 0 spiro atoms. The monoisotopic (exact) mass is 373 g/mol. The molecule has 2 unspecified atom stereocenters. The third-order valence-corrected chi connectivity index (χ3v) is 9.18. The lowest BCUT2D eigenvalue weighted by molar-refractivity contribution is -0.126. The molecule has 0 radical (unpaired) electrons. The van der Waals surface area contributed by atoms with Crippen LogP contribution in [0, 0.1) is 39.9 Å². The maximum absolute atomic E-state index is 12.2. The summed E-state index contributed by atoms with van der Waals surface area (Å²) in [6.07, 6.45) is 8.41. The summed E-state index contributed by atoms with van der Waals surface area (Å²) in [5, 5.41) is 19.7. The van der Waals surface area contributed by atoms with Gasteiger partial charge < -0.3 is 9.84 Å². The number of carbonyl (C=O) groups is 1. The molecule has 0 aromatic carbocycles. The number of ketones is 1. The van der Waals surface area contributed by atoms with Crippen molar-refractivity contribution in [2.24, 2.45) is 34.5 Å². The second kappa shape index (κ2) is 6.17. The second-order valence-corrected chi connectivity index (χ2v) is 10.2. The van der Waals surface area contributed by atoms with Gasteiger partial charge in [0.2, 0.25) is 0 Å². The predicted octanol–water partition coefficient (Wildman–Crippen LogP) is 4.51. The molecular weight excluding hydrogens is 338 g/mol. The van der Waals surface area contributed by atoms with Crippen molar-refractivity contribution in [3.63, 3.8) is 0 Å². The Morgan fingerprint density at radius 2 is 1.93 bits per heavy atom. The van der Waals surface area contributed by atoms with Crippen LogP contribution in [-0.2, 0) is 9.53 Å². The Morgan fingerprint density at radius 1 is 1.22 bits per heavy atom. The van der Waals surface area contributed by atoms with Crippen molar-refractivity contribution in [1.82, 2.24) is 0 Å². The van der Waals surface area contributed by atoms with Crippen LogP contribution in [0.4, 0.5) is 0 Å². The van der Waals surface area contributed by atoms with E-state index in [1.54, 1.807) is 0 Å². The van der Waals surface area contributed by atoms with Crippen molar-refractivity contribution in [2.45, 2.75) is 78.2 Å². The molecule has 3 saturated carbocycles. The summed E-state index contributed by atoms with van der Waals surface area (Å²) in [6, 6.07) is 0. The Labute approximate surface area is 163 Å². The molecule has 150 valence electrons. The molecule has 27 heavy (non-hydrogen) atoms. The summed E-state index contributed by atoms with van der Waals surface area (Å²) >= 11 is 0. The van der Waals surface area contributed by atoms with Crippen LogP contribution in [0.2, 0.25) is 0 Å². The summed E-state index contributed by atoms with van der Waals surface area (Å²) in [5.41, 5.74) is 0.521. The Morgan fingerprint density at radius 3 is 2.63 bits per heavy atom. The molecule has 0 heterocycles. The quantitative estimate of drug-likeness (QED) is 0.553. The van der Waals surface area contributed by atoms with E-state index in [1.165, 1.54) is 0 Å². The normalized spacial score (nSPS) is 48.9. The molecule has 4 heteroatoms. The highest BCUT2D eigenvalue weighted by Gasteiger charge is 2.63. The number of hydrogen-bond donors (Lipinski definition) is 2. The minimum atomic E-state index is -0.592. The van der Waals surface area contributed by atoms with Crippen LogP contribution < -0.4 is 0 Å². The summed E-state index contributed by atoms with van der Waals surface area (Å²) in [6.45, 7) is 9.08. The number of ether oxygens (including phenoxy) is 1. The molecule has 0 saturated heterocycles. The fourth-order valence-electron chi connectivity index (χ4n) is 7.39. The van der Waals surface area contributed by atoms with Crippen LogP contribution >= 0.6 is 0 Å². The fourth-order valence-corrected chi connectivity index (χ4v) is 7.39. The predicted molar refractivity (Wildman–Crippen MR) is 106 cm³/mol. The highest BCUT2D eigenvalue weighted by atomic mass is 16.5. The van der Waals surface area contributed by atoms with Gasteiger partial charge >= 0.3 is 0 Å². The molecule has 0 aromatic heterocycles. The molecule has 4 rings (SSSR count). The first-order chi connectivity index (χ1) is 12.6. The van der Waals surface area contributed by atoms with Crippen LogP contribution in [-0.4, -0.2) is 29.0 Å². The van der Waals surface area contributed by atoms with E-state index in [2.05, 4.69) is 13.8 Å². The van der Waals surface area contributed by atoms with E-state index >= 15 is 0 Å². The van der Waals surface area contributed by atoms with Gasteiger partial charge in [-0.3, -0.25) is 10.2 Å². The molecule has 0 bridgehead atoms. The number of fused-ring (bicyclic) bond motifs is 5. The molecule has 2 N–H and O–H groups in total. The first-order valence-corrected chi connectivity index (χ1v) is 10.8. The third-order valence-electron chi connectivity index (χ3n) is 9.18. The van der Waals surface area contributed by atoms with Gasteiger partial charge in [-0.05, 0) is 92.6 Å². The van der Waals surface area contributed by atoms with Crippen molar-refractivity contribution in [3.05, 3.63) is 11.6 Å². The topological polar surface area (TPSA) is 70.4 Å². The zero-order valence-electron chi connectivity index (χ0n) is 17.3. The second-order valence-electron chi connectivity index (χ2n) is 10.2. The van der Waals surface area contributed by atoms with Gasteiger partial charge in [-0.25, -0.2) is 0 Å².